The molecular weight excluding hydrogens is 260 g/mol. The Kier molecular flexibility index (Phi) is 3.92. The highest BCUT2D eigenvalue weighted by Gasteiger charge is 2.16. The molecule has 2 rings (SSSR count). The summed E-state index contributed by atoms with van der Waals surface area (Å²) in [6.45, 7) is 9.05. The topological polar surface area (TPSA) is 38.9 Å². The Morgan fingerprint density at radius 3 is 2.39 bits per heavy atom. The van der Waals surface area contributed by atoms with Gasteiger partial charge in [0.05, 0.1) is 8.07 Å². The molecule has 0 aliphatic carbocycles. The van der Waals surface area contributed by atoms with Gasteiger partial charge in [0.25, 0.3) is 5.22 Å². The first-order valence-electron chi connectivity index (χ1n) is 5.97. The lowest BCUT2D eigenvalue weighted by Crippen LogP contribution is -2.23. The van der Waals surface area contributed by atoms with E-state index in [1.165, 1.54) is 5.56 Å². The number of nitrogens with zero attached hydrogens (tertiary/aromatic N) is 2. The molecule has 1 aromatic heterocycles. The van der Waals surface area contributed by atoms with Crippen LogP contribution in [0.2, 0.25) is 19.6 Å². The summed E-state index contributed by atoms with van der Waals surface area (Å²) in [5.41, 5.74) is 2.21. The molecule has 96 valence electrons. The Morgan fingerprint density at radius 2 is 1.78 bits per heavy atom. The molecule has 5 heteroatoms. The Morgan fingerprint density at radius 1 is 1.11 bits per heavy atom. The van der Waals surface area contributed by atoms with Gasteiger partial charge in [-0.15, -0.1) is 10.2 Å². The van der Waals surface area contributed by atoms with Crippen LogP contribution in [0.5, 0.6) is 0 Å². The van der Waals surface area contributed by atoms with Gasteiger partial charge in [0.2, 0.25) is 5.89 Å². The molecular formula is C13H18N2OSSi. The van der Waals surface area contributed by atoms with Crippen molar-refractivity contribution in [3.63, 3.8) is 0 Å². The van der Waals surface area contributed by atoms with Crippen LogP contribution in [0.25, 0.3) is 11.5 Å². The average molecular weight is 278 g/mol. The van der Waals surface area contributed by atoms with Crippen LogP contribution in [-0.4, -0.2) is 23.6 Å². The van der Waals surface area contributed by atoms with Crippen LogP contribution < -0.4 is 0 Å². The zero-order valence-corrected chi connectivity index (χ0v) is 13.0. The fraction of sp³-hybridized carbons (Fsp3) is 0.385. The van der Waals surface area contributed by atoms with Crippen LogP contribution in [0.3, 0.4) is 0 Å². The second-order valence-corrected chi connectivity index (χ2v) is 12.5. The lowest BCUT2D eigenvalue weighted by molar-refractivity contribution is 0.466. The molecule has 0 saturated heterocycles. The summed E-state index contributed by atoms with van der Waals surface area (Å²) in [5, 5.41) is 9.96. The normalized spacial score (nSPS) is 11.8. The molecule has 0 unspecified atom stereocenters. The molecule has 0 amide bonds. The smallest absolute Gasteiger partial charge is 0.276 e. The molecule has 0 fully saturated rings. The number of aryl methyl sites for hydroxylation is 1. The molecule has 1 heterocycles. The summed E-state index contributed by atoms with van der Waals surface area (Å²) in [7, 11) is -1.08. The van der Waals surface area contributed by atoms with Crippen molar-refractivity contribution in [2.75, 3.05) is 5.38 Å². The molecule has 0 saturated carbocycles. The quantitative estimate of drug-likeness (QED) is 0.625. The van der Waals surface area contributed by atoms with E-state index in [4.69, 9.17) is 4.42 Å². The minimum absolute atomic E-state index is 0.605. The van der Waals surface area contributed by atoms with Crippen molar-refractivity contribution in [2.45, 2.75) is 31.8 Å². The van der Waals surface area contributed by atoms with Crippen molar-refractivity contribution in [2.24, 2.45) is 0 Å². The molecule has 18 heavy (non-hydrogen) atoms. The van der Waals surface area contributed by atoms with Crippen LogP contribution in [0, 0.1) is 6.92 Å². The number of thioether (sulfide) groups is 1. The van der Waals surface area contributed by atoms with Crippen LogP contribution in [0.1, 0.15) is 5.56 Å². The van der Waals surface area contributed by atoms with E-state index in [2.05, 4.69) is 48.9 Å². The molecule has 3 nitrogen and oxygen atoms in total. The Labute approximate surface area is 113 Å². The fourth-order valence-corrected chi connectivity index (χ4v) is 3.82. The zero-order chi connectivity index (χ0) is 13.2. The second kappa shape index (κ2) is 5.28. The minimum atomic E-state index is -1.08. The van der Waals surface area contributed by atoms with Gasteiger partial charge in [-0.05, 0) is 24.4 Å². The van der Waals surface area contributed by atoms with E-state index < -0.39 is 8.07 Å². The molecule has 2 aromatic rings. The predicted molar refractivity (Wildman–Crippen MR) is 78.5 cm³/mol. The van der Waals surface area contributed by atoms with Crippen molar-refractivity contribution in [3.05, 3.63) is 29.8 Å². The Bertz CT molecular complexity index is 517. The van der Waals surface area contributed by atoms with Gasteiger partial charge in [0, 0.05) is 5.56 Å². The highest BCUT2D eigenvalue weighted by molar-refractivity contribution is 8.00. The third kappa shape index (κ3) is 3.71. The maximum absolute atomic E-state index is 5.67. The molecule has 0 N–H and O–H groups in total. The van der Waals surface area contributed by atoms with E-state index in [9.17, 15) is 0 Å². The van der Waals surface area contributed by atoms with Gasteiger partial charge >= 0.3 is 0 Å². The van der Waals surface area contributed by atoms with E-state index in [1.807, 2.05) is 12.1 Å². The molecule has 0 bridgehead atoms. The van der Waals surface area contributed by atoms with Gasteiger partial charge in [0.1, 0.15) is 0 Å². The van der Waals surface area contributed by atoms with Crippen molar-refractivity contribution >= 4 is 19.8 Å². The van der Waals surface area contributed by atoms with Crippen LogP contribution in [0.15, 0.2) is 33.9 Å². The molecule has 0 radical (unpaired) electrons. The van der Waals surface area contributed by atoms with Gasteiger partial charge < -0.3 is 4.42 Å². The third-order valence-corrected chi connectivity index (χ3v) is 6.79. The summed E-state index contributed by atoms with van der Waals surface area (Å²) in [5.74, 6) is 0.605. The van der Waals surface area contributed by atoms with Crippen molar-refractivity contribution in [1.82, 2.24) is 10.2 Å². The van der Waals surface area contributed by atoms with E-state index in [0.717, 1.165) is 10.9 Å². The zero-order valence-electron chi connectivity index (χ0n) is 11.2. The minimum Gasteiger partial charge on any atom is -0.411 e. The lowest BCUT2D eigenvalue weighted by atomic mass is 10.1. The van der Waals surface area contributed by atoms with Crippen LogP contribution in [-0.2, 0) is 0 Å². The van der Waals surface area contributed by atoms with E-state index >= 15 is 0 Å². The molecule has 0 atom stereocenters. The third-order valence-electron chi connectivity index (χ3n) is 2.33. The maximum Gasteiger partial charge on any atom is 0.276 e. The first kappa shape index (κ1) is 13.4. The van der Waals surface area contributed by atoms with Gasteiger partial charge in [-0.1, -0.05) is 49.1 Å². The number of rotatable bonds is 4. The largest absolute Gasteiger partial charge is 0.411 e. The standard InChI is InChI=1S/C13H18N2OSSi/c1-10-5-7-11(8-6-10)12-14-15-13(16-12)17-9-18(2,3)4/h5-8H,9H2,1-4H3. The highest BCUT2D eigenvalue weighted by atomic mass is 32.2. The summed E-state index contributed by atoms with van der Waals surface area (Å²) in [6, 6.07) is 8.12. The summed E-state index contributed by atoms with van der Waals surface area (Å²) < 4.78 is 5.67. The number of benzene rings is 1. The lowest BCUT2D eigenvalue weighted by Gasteiger charge is -2.12. The van der Waals surface area contributed by atoms with Gasteiger partial charge in [-0.3, -0.25) is 0 Å². The van der Waals surface area contributed by atoms with Gasteiger partial charge in [-0.25, -0.2) is 0 Å². The van der Waals surface area contributed by atoms with Crippen molar-refractivity contribution in [3.8, 4) is 11.5 Å². The molecule has 1 aromatic carbocycles. The highest BCUT2D eigenvalue weighted by Crippen LogP contribution is 2.25. The summed E-state index contributed by atoms with van der Waals surface area (Å²) in [6.07, 6.45) is 0. The second-order valence-electron chi connectivity index (χ2n) is 5.59. The summed E-state index contributed by atoms with van der Waals surface area (Å²) >= 11 is 1.67. The maximum atomic E-state index is 5.67. The first-order valence-corrected chi connectivity index (χ1v) is 10.7. The molecule has 0 aliphatic rings. The van der Waals surface area contributed by atoms with Crippen LogP contribution in [0.4, 0.5) is 0 Å². The predicted octanol–water partition coefficient (Wildman–Crippen LogP) is 4.01. The Balaban J connectivity index is 2.08. The number of hydrogen-bond acceptors (Lipinski definition) is 4. The monoisotopic (exact) mass is 278 g/mol. The molecule has 0 spiro atoms. The van der Waals surface area contributed by atoms with E-state index in [1.54, 1.807) is 11.8 Å². The van der Waals surface area contributed by atoms with Crippen LogP contribution >= 0.6 is 11.8 Å². The first-order chi connectivity index (χ1) is 8.44. The molecule has 0 aliphatic heterocycles. The Hall–Kier alpha value is -1.07. The van der Waals surface area contributed by atoms with Gasteiger partial charge in [-0.2, -0.15) is 0 Å². The average Bonchev–Trinajstić information content (AvgIpc) is 2.75. The fourth-order valence-electron chi connectivity index (χ4n) is 1.36. The number of aromatic nitrogens is 2. The number of hydrogen-bond donors (Lipinski definition) is 0. The summed E-state index contributed by atoms with van der Waals surface area (Å²) in [4.78, 5) is 0. The van der Waals surface area contributed by atoms with E-state index in [0.29, 0.717) is 11.1 Å². The van der Waals surface area contributed by atoms with Crippen molar-refractivity contribution < 1.29 is 4.42 Å². The SMILES string of the molecule is Cc1ccc(-c2nnc(SC[Si](C)(C)C)o2)cc1. The van der Waals surface area contributed by atoms with Crippen molar-refractivity contribution in [1.29, 1.82) is 0 Å². The van der Waals surface area contributed by atoms with E-state index in [-0.39, 0.29) is 0 Å². The van der Waals surface area contributed by atoms with Gasteiger partial charge in [0.15, 0.2) is 0 Å².